The molecule has 10 heteroatoms. The zero-order valence-corrected chi connectivity index (χ0v) is 18.3. The van der Waals surface area contributed by atoms with E-state index in [1.165, 1.54) is 20.3 Å². The fourth-order valence-electron chi connectivity index (χ4n) is 3.30. The minimum absolute atomic E-state index is 0.189. The number of esters is 2. The van der Waals surface area contributed by atoms with Crippen molar-refractivity contribution < 1.29 is 33.4 Å². The molecule has 3 amide bonds. The van der Waals surface area contributed by atoms with E-state index in [1.54, 1.807) is 49.4 Å². The van der Waals surface area contributed by atoms with Crippen LogP contribution < -0.4 is 20.7 Å². The van der Waals surface area contributed by atoms with E-state index in [1.807, 2.05) is 0 Å². The molecule has 0 bridgehead atoms. The maximum Gasteiger partial charge on any atom is 0.343 e. The molecule has 1 aliphatic heterocycles. The summed E-state index contributed by atoms with van der Waals surface area (Å²) in [5, 5.41) is 8.04. The van der Waals surface area contributed by atoms with Crippen molar-refractivity contribution in [3.8, 4) is 5.75 Å². The zero-order chi connectivity index (χ0) is 24.0. The highest BCUT2D eigenvalue weighted by Gasteiger charge is 2.32. The Kier molecular flexibility index (Phi) is 7.29. The van der Waals surface area contributed by atoms with Crippen molar-refractivity contribution in [2.45, 2.75) is 13.0 Å². The molecule has 172 valence electrons. The fraction of sp³-hybridized carbons (Fsp3) is 0.217. The van der Waals surface area contributed by atoms with Gasteiger partial charge in [0.05, 0.1) is 37.1 Å². The van der Waals surface area contributed by atoms with E-state index in [2.05, 4.69) is 20.7 Å². The van der Waals surface area contributed by atoms with Crippen molar-refractivity contribution in [1.82, 2.24) is 10.6 Å². The van der Waals surface area contributed by atoms with E-state index in [-0.39, 0.29) is 23.4 Å². The van der Waals surface area contributed by atoms with E-state index in [0.717, 1.165) is 0 Å². The summed E-state index contributed by atoms with van der Waals surface area (Å²) in [5.74, 6) is -1.31. The Morgan fingerprint density at radius 3 is 2.52 bits per heavy atom. The quantitative estimate of drug-likeness (QED) is 0.548. The summed E-state index contributed by atoms with van der Waals surface area (Å²) >= 11 is 0. The van der Waals surface area contributed by atoms with Gasteiger partial charge in [0.1, 0.15) is 5.75 Å². The molecule has 2 aromatic carbocycles. The number of carbonyl (C=O) groups is 4. The first-order valence-electron chi connectivity index (χ1n) is 9.90. The topological polar surface area (TPSA) is 132 Å². The first-order chi connectivity index (χ1) is 15.8. The van der Waals surface area contributed by atoms with Crippen LogP contribution in [-0.4, -0.2) is 44.7 Å². The molecule has 1 heterocycles. The van der Waals surface area contributed by atoms with Crippen molar-refractivity contribution >= 4 is 29.6 Å². The summed E-state index contributed by atoms with van der Waals surface area (Å²) in [4.78, 5) is 48.8. The summed E-state index contributed by atoms with van der Waals surface area (Å²) in [6.45, 7) is 1.32. The number of carbonyl (C=O) groups excluding carboxylic acids is 4. The number of ether oxygens (including phenoxy) is 3. The van der Waals surface area contributed by atoms with Gasteiger partial charge in [-0.25, -0.2) is 14.4 Å². The van der Waals surface area contributed by atoms with Crippen molar-refractivity contribution in [2.75, 3.05) is 26.1 Å². The van der Waals surface area contributed by atoms with Gasteiger partial charge < -0.3 is 30.2 Å². The van der Waals surface area contributed by atoms with Gasteiger partial charge >= 0.3 is 18.0 Å². The van der Waals surface area contributed by atoms with Crippen molar-refractivity contribution in [1.29, 1.82) is 0 Å². The maximum atomic E-state index is 13.3. The Morgan fingerprint density at radius 1 is 1.03 bits per heavy atom. The highest BCUT2D eigenvalue weighted by molar-refractivity contribution is 6.09. The molecular weight excluding hydrogens is 430 g/mol. The summed E-state index contributed by atoms with van der Waals surface area (Å²) in [6.07, 6.45) is 0. The van der Waals surface area contributed by atoms with Crippen LogP contribution in [0.3, 0.4) is 0 Å². The van der Waals surface area contributed by atoms with E-state index >= 15 is 0 Å². The number of rotatable bonds is 7. The molecular formula is C23H23N3O7. The lowest BCUT2D eigenvalue weighted by atomic mass is 9.94. The summed E-state index contributed by atoms with van der Waals surface area (Å²) in [6, 6.07) is 11.8. The third kappa shape index (κ3) is 5.48. The predicted molar refractivity (Wildman–Crippen MR) is 117 cm³/mol. The van der Waals surface area contributed by atoms with Gasteiger partial charge in [0, 0.05) is 5.70 Å². The lowest BCUT2D eigenvalue weighted by Crippen LogP contribution is -2.46. The van der Waals surface area contributed by atoms with Crippen LogP contribution in [0.1, 0.15) is 28.9 Å². The molecule has 0 spiro atoms. The molecule has 3 N–H and O–H groups in total. The molecule has 0 saturated carbocycles. The van der Waals surface area contributed by atoms with Gasteiger partial charge in [0.2, 0.25) is 0 Å². The fourth-order valence-corrected chi connectivity index (χ4v) is 3.30. The standard InChI is InChI=1S/C23H23N3O7/c1-13-19(21(28)25-17-10-5-4-9-16(17)22(29)32-3)20(26-23(30)24-13)14-7-6-8-15(11-14)33-12-18(27)31-2/h4-11,20H,12H2,1-3H3,(H,25,28)(H2,24,26,30)/t20-/m1/s1. The molecule has 0 radical (unpaired) electrons. The second-order valence-electron chi connectivity index (χ2n) is 7.00. The third-order valence-electron chi connectivity index (χ3n) is 4.87. The summed E-state index contributed by atoms with van der Waals surface area (Å²) in [5.41, 5.74) is 1.59. The van der Waals surface area contributed by atoms with Gasteiger partial charge in [-0.1, -0.05) is 24.3 Å². The molecule has 10 nitrogen and oxygen atoms in total. The molecule has 3 rings (SSSR count). The van der Waals surface area contributed by atoms with Gasteiger partial charge in [-0.15, -0.1) is 0 Å². The summed E-state index contributed by atoms with van der Waals surface area (Å²) in [7, 11) is 2.50. The number of hydrogen-bond donors (Lipinski definition) is 3. The Bertz CT molecular complexity index is 1130. The van der Waals surface area contributed by atoms with Gasteiger partial charge in [-0.2, -0.15) is 0 Å². The minimum Gasteiger partial charge on any atom is -0.482 e. The zero-order valence-electron chi connectivity index (χ0n) is 18.3. The number of amides is 3. The second-order valence-corrected chi connectivity index (χ2v) is 7.00. The minimum atomic E-state index is -0.814. The van der Waals surface area contributed by atoms with Crippen molar-refractivity contribution in [3.05, 3.63) is 70.9 Å². The van der Waals surface area contributed by atoms with Crippen LogP contribution in [0.15, 0.2) is 59.8 Å². The largest absolute Gasteiger partial charge is 0.482 e. The second kappa shape index (κ2) is 10.3. The van der Waals surface area contributed by atoms with E-state index in [9.17, 15) is 19.2 Å². The van der Waals surface area contributed by atoms with Crippen LogP contribution in [-0.2, 0) is 19.1 Å². The predicted octanol–water partition coefficient (Wildman–Crippen LogP) is 2.29. The lowest BCUT2D eigenvalue weighted by molar-refractivity contribution is -0.142. The van der Waals surface area contributed by atoms with Crippen LogP contribution in [0.4, 0.5) is 10.5 Å². The highest BCUT2D eigenvalue weighted by atomic mass is 16.6. The average molecular weight is 453 g/mol. The van der Waals surface area contributed by atoms with Crippen LogP contribution >= 0.6 is 0 Å². The van der Waals surface area contributed by atoms with E-state index in [0.29, 0.717) is 17.0 Å². The number of benzene rings is 2. The monoisotopic (exact) mass is 453 g/mol. The first kappa shape index (κ1) is 23.3. The van der Waals surface area contributed by atoms with E-state index in [4.69, 9.17) is 9.47 Å². The average Bonchev–Trinajstić information content (AvgIpc) is 2.81. The Hall–Kier alpha value is -4.34. The first-order valence-corrected chi connectivity index (χ1v) is 9.90. The van der Waals surface area contributed by atoms with Gasteiger partial charge in [0.15, 0.2) is 6.61 Å². The van der Waals surface area contributed by atoms with Crippen molar-refractivity contribution in [2.24, 2.45) is 0 Å². The molecule has 0 fully saturated rings. The molecule has 1 aliphatic rings. The Labute approximate surface area is 189 Å². The SMILES string of the molecule is COC(=O)COc1cccc([C@H]2NC(=O)NC(C)=C2C(=O)Nc2ccccc2C(=O)OC)c1. The van der Waals surface area contributed by atoms with Crippen LogP contribution in [0.2, 0.25) is 0 Å². The van der Waals surface area contributed by atoms with Gasteiger partial charge in [-0.3, -0.25) is 4.79 Å². The summed E-state index contributed by atoms with van der Waals surface area (Å²) < 4.78 is 14.8. The van der Waals surface area contributed by atoms with Crippen LogP contribution in [0.25, 0.3) is 0 Å². The normalized spacial score (nSPS) is 15.1. The molecule has 33 heavy (non-hydrogen) atoms. The highest BCUT2D eigenvalue weighted by Crippen LogP contribution is 2.30. The molecule has 2 aromatic rings. The number of anilines is 1. The number of para-hydroxylation sites is 1. The van der Waals surface area contributed by atoms with Crippen molar-refractivity contribution in [3.63, 3.8) is 0 Å². The smallest absolute Gasteiger partial charge is 0.343 e. The molecule has 0 aliphatic carbocycles. The van der Waals surface area contributed by atoms with E-state index < -0.39 is 29.9 Å². The van der Waals surface area contributed by atoms with Crippen LogP contribution in [0, 0.1) is 0 Å². The number of hydrogen-bond acceptors (Lipinski definition) is 7. The molecule has 0 unspecified atom stereocenters. The molecule has 1 atom stereocenters. The Balaban J connectivity index is 1.91. The van der Waals surface area contributed by atoms with Gasteiger partial charge in [-0.05, 0) is 36.8 Å². The van der Waals surface area contributed by atoms with Crippen LogP contribution in [0.5, 0.6) is 5.75 Å². The molecule has 0 saturated heterocycles. The third-order valence-corrected chi connectivity index (χ3v) is 4.87. The number of methoxy groups -OCH3 is 2. The molecule has 0 aromatic heterocycles. The maximum absolute atomic E-state index is 13.3. The lowest BCUT2D eigenvalue weighted by Gasteiger charge is -2.29. The number of nitrogens with one attached hydrogen (secondary N) is 3. The number of urea groups is 1. The number of allylic oxidation sites excluding steroid dienone is 1. The Morgan fingerprint density at radius 2 is 1.79 bits per heavy atom. The van der Waals surface area contributed by atoms with Gasteiger partial charge in [0.25, 0.3) is 5.91 Å².